The molecule has 0 saturated heterocycles. The first-order chi connectivity index (χ1) is 13.6. The van der Waals surface area contributed by atoms with Gasteiger partial charge in [0.25, 0.3) is 5.91 Å². The third-order valence-corrected chi connectivity index (χ3v) is 5.41. The summed E-state index contributed by atoms with van der Waals surface area (Å²) in [6, 6.07) is 6.05. The molecule has 3 heterocycles. The number of phenolic OH excluding ortho intramolecular Hbond substituents is 1. The molecule has 0 radical (unpaired) electrons. The van der Waals surface area contributed by atoms with Crippen molar-refractivity contribution in [3.63, 3.8) is 0 Å². The molecule has 0 fully saturated rings. The summed E-state index contributed by atoms with van der Waals surface area (Å²) in [4.78, 5) is 33.9. The Bertz CT molecular complexity index is 1120. The Morgan fingerprint density at radius 1 is 1.18 bits per heavy atom. The number of phenols is 1. The van der Waals surface area contributed by atoms with Gasteiger partial charge in [-0.2, -0.15) is 0 Å². The van der Waals surface area contributed by atoms with E-state index in [1.165, 1.54) is 34.8 Å². The van der Waals surface area contributed by atoms with Gasteiger partial charge in [0, 0.05) is 28.7 Å². The second kappa shape index (κ2) is 7.79. The number of aromatic nitrogens is 3. The number of benzene rings is 1. The Morgan fingerprint density at radius 2 is 2.07 bits per heavy atom. The largest absolute Gasteiger partial charge is 0.508 e. The van der Waals surface area contributed by atoms with Crippen molar-refractivity contribution in [1.82, 2.24) is 19.7 Å². The highest BCUT2D eigenvalue weighted by Crippen LogP contribution is 2.18. The Balaban J connectivity index is 1.30. The molecule has 0 aliphatic carbocycles. The van der Waals surface area contributed by atoms with Crippen LogP contribution in [0.5, 0.6) is 5.75 Å². The minimum absolute atomic E-state index is 0.0155. The molecule has 0 unspecified atom stereocenters. The van der Waals surface area contributed by atoms with Gasteiger partial charge < -0.3 is 10.4 Å². The van der Waals surface area contributed by atoms with E-state index in [0.717, 1.165) is 10.7 Å². The zero-order valence-electron chi connectivity index (χ0n) is 14.5. The van der Waals surface area contributed by atoms with Gasteiger partial charge in [0.15, 0.2) is 10.1 Å². The van der Waals surface area contributed by atoms with E-state index in [1.54, 1.807) is 17.5 Å². The highest BCUT2D eigenvalue weighted by molar-refractivity contribution is 7.15. The first kappa shape index (κ1) is 18.1. The van der Waals surface area contributed by atoms with Crippen molar-refractivity contribution in [2.24, 2.45) is 0 Å². The average molecular weight is 413 g/mol. The maximum absolute atomic E-state index is 12.2. The van der Waals surface area contributed by atoms with E-state index in [0.29, 0.717) is 22.9 Å². The lowest BCUT2D eigenvalue weighted by Gasteiger charge is -2.02. The second-order valence-corrected chi connectivity index (χ2v) is 7.66. The normalized spacial score (nSPS) is 10.9. The summed E-state index contributed by atoms with van der Waals surface area (Å²) in [5.41, 5.74) is 1.69. The monoisotopic (exact) mass is 413 g/mol. The number of imidazole rings is 1. The molecule has 0 aliphatic heterocycles. The van der Waals surface area contributed by atoms with Gasteiger partial charge >= 0.3 is 0 Å². The fourth-order valence-corrected chi connectivity index (χ4v) is 3.96. The predicted octanol–water partition coefficient (Wildman–Crippen LogP) is 2.67. The van der Waals surface area contributed by atoms with Crippen LogP contribution in [0.1, 0.15) is 21.7 Å². The topological polar surface area (TPSA) is 109 Å². The van der Waals surface area contributed by atoms with Gasteiger partial charge in [-0.1, -0.05) is 6.07 Å². The van der Waals surface area contributed by atoms with Crippen LogP contribution in [0.15, 0.2) is 47.4 Å². The molecule has 3 N–H and O–H groups in total. The number of hydrogen-bond acceptors (Lipinski definition) is 7. The van der Waals surface area contributed by atoms with Gasteiger partial charge in [-0.05, 0) is 18.2 Å². The summed E-state index contributed by atoms with van der Waals surface area (Å²) in [7, 11) is 0. The molecular formula is C18H15N5O3S2. The van der Waals surface area contributed by atoms with Crippen LogP contribution in [-0.4, -0.2) is 31.3 Å². The molecule has 3 aromatic heterocycles. The second-order valence-electron chi connectivity index (χ2n) is 5.93. The summed E-state index contributed by atoms with van der Waals surface area (Å²) in [6.07, 6.45) is 3.91. The lowest BCUT2D eigenvalue weighted by molar-refractivity contribution is -0.120. The van der Waals surface area contributed by atoms with Crippen LogP contribution in [0, 0.1) is 0 Å². The number of rotatable bonds is 6. The summed E-state index contributed by atoms with van der Waals surface area (Å²) < 4.78 is 1.91. The Hall–Kier alpha value is -3.24. The number of anilines is 1. The van der Waals surface area contributed by atoms with Crippen molar-refractivity contribution < 1.29 is 14.7 Å². The lowest BCUT2D eigenvalue weighted by Crippen LogP contribution is -2.24. The quantitative estimate of drug-likeness (QED) is 0.450. The molecule has 142 valence electrons. The van der Waals surface area contributed by atoms with Gasteiger partial charge in [-0.15, -0.1) is 22.7 Å². The van der Waals surface area contributed by atoms with Crippen LogP contribution in [-0.2, 0) is 17.8 Å². The molecule has 0 bridgehead atoms. The van der Waals surface area contributed by atoms with Gasteiger partial charge in [-0.3, -0.25) is 19.3 Å². The minimum atomic E-state index is -0.374. The van der Waals surface area contributed by atoms with E-state index in [1.807, 2.05) is 22.2 Å². The molecule has 1 aromatic carbocycles. The van der Waals surface area contributed by atoms with E-state index in [-0.39, 0.29) is 24.0 Å². The molecule has 2 amide bonds. The van der Waals surface area contributed by atoms with Gasteiger partial charge in [0.05, 0.1) is 24.4 Å². The molecule has 8 nitrogen and oxygen atoms in total. The lowest BCUT2D eigenvalue weighted by atomic mass is 10.2. The smallest absolute Gasteiger partial charge is 0.257 e. The highest BCUT2D eigenvalue weighted by atomic mass is 32.1. The fraction of sp³-hybridized carbons (Fsp3) is 0.111. The fourth-order valence-electron chi connectivity index (χ4n) is 2.54. The SMILES string of the molecule is O=C(Cc1csc(NC(=O)c2cccc(O)c2)n1)NCc1cn2ccsc2n1. The molecule has 0 aliphatic rings. The third kappa shape index (κ3) is 4.18. The van der Waals surface area contributed by atoms with Crippen LogP contribution in [0.25, 0.3) is 4.96 Å². The zero-order valence-corrected chi connectivity index (χ0v) is 16.1. The van der Waals surface area contributed by atoms with Crippen molar-refractivity contribution >= 4 is 44.6 Å². The molecule has 0 saturated carbocycles. The van der Waals surface area contributed by atoms with Crippen LogP contribution >= 0.6 is 22.7 Å². The number of carbonyl (C=O) groups excluding carboxylic acids is 2. The maximum atomic E-state index is 12.2. The van der Waals surface area contributed by atoms with Crippen LogP contribution < -0.4 is 10.6 Å². The number of hydrogen-bond donors (Lipinski definition) is 3. The summed E-state index contributed by atoms with van der Waals surface area (Å²) >= 11 is 2.77. The molecule has 4 aromatic rings. The van der Waals surface area contributed by atoms with Crippen molar-refractivity contribution in [2.75, 3.05) is 5.32 Å². The Morgan fingerprint density at radius 3 is 2.89 bits per heavy atom. The van der Waals surface area contributed by atoms with E-state index < -0.39 is 0 Å². The molecule has 4 rings (SSSR count). The van der Waals surface area contributed by atoms with Gasteiger partial charge in [-0.25, -0.2) is 9.97 Å². The molecule has 0 spiro atoms. The number of carbonyl (C=O) groups is 2. The van der Waals surface area contributed by atoms with E-state index in [9.17, 15) is 14.7 Å². The minimum Gasteiger partial charge on any atom is -0.508 e. The van der Waals surface area contributed by atoms with Gasteiger partial charge in [0.2, 0.25) is 5.91 Å². The number of nitrogens with one attached hydrogen (secondary N) is 2. The number of thiazole rings is 2. The first-order valence-corrected chi connectivity index (χ1v) is 10.1. The van der Waals surface area contributed by atoms with Gasteiger partial charge in [0.1, 0.15) is 5.75 Å². The summed E-state index contributed by atoms with van der Waals surface area (Å²) in [5.74, 6) is -0.532. The third-order valence-electron chi connectivity index (χ3n) is 3.83. The van der Waals surface area contributed by atoms with Crippen LogP contribution in [0.3, 0.4) is 0 Å². The van der Waals surface area contributed by atoms with Crippen molar-refractivity contribution in [3.05, 3.63) is 64.4 Å². The Labute approximate surface area is 167 Å². The van der Waals surface area contributed by atoms with E-state index in [4.69, 9.17) is 0 Å². The number of nitrogens with zero attached hydrogens (tertiary/aromatic N) is 3. The highest BCUT2D eigenvalue weighted by Gasteiger charge is 2.12. The van der Waals surface area contributed by atoms with Crippen molar-refractivity contribution in [1.29, 1.82) is 0 Å². The average Bonchev–Trinajstić information content (AvgIpc) is 3.36. The van der Waals surface area contributed by atoms with E-state index >= 15 is 0 Å². The first-order valence-electron chi connectivity index (χ1n) is 8.29. The van der Waals surface area contributed by atoms with Crippen LogP contribution in [0.2, 0.25) is 0 Å². The summed E-state index contributed by atoms with van der Waals surface area (Å²) in [6.45, 7) is 0.346. The van der Waals surface area contributed by atoms with Crippen molar-refractivity contribution in [3.8, 4) is 5.75 Å². The number of amides is 2. The van der Waals surface area contributed by atoms with Crippen molar-refractivity contribution in [2.45, 2.75) is 13.0 Å². The molecular weight excluding hydrogens is 398 g/mol. The van der Waals surface area contributed by atoms with E-state index in [2.05, 4.69) is 20.6 Å². The molecule has 10 heteroatoms. The zero-order chi connectivity index (χ0) is 19.5. The predicted molar refractivity (Wildman–Crippen MR) is 107 cm³/mol. The number of fused-ring (bicyclic) bond motifs is 1. The van der Waals surface area contributed by atoms with Crippen LogP contribution in [0.4, 0.5) is 5.13 Å². The number of aromatic hydroxyl groups is 1. The molecule has 0 atom stereocenters. The molecule has 28 heavy (non-hydrogen) atoms. The summed E-state index contributed by atoms with van der Waals surface area (Å²) in [5, 5.41) is 19.0. The standard InChI is InChI=1S/C18H15N5O3S2/c24-14-3-1-2-11(6-14)16(26)22-17-20-12(10-28-17)7-15(25)19-8-13-9-23-4-5-27-18(23)21-13/h1-6,9-10,24H,7-8H2,(H,19,25)(H,20,22,26). The Kier molecular flexibility index (Phi) is 5.04. The maximum Gasteiger partial charge on any atom is 0.257 e.